The summed E-state index contributed by atoms with van der Waals surface area (Å²) in [5.41, 5.74) is 5.29. The fourth-order valence-electron chi connectivity index (χ4n) is 4.65. The second-order valence-electron chi connectivity index (χ2n) is 8.61. The Labute approximate surface area is 185 Å². The van der Waals surface area contributed by atoms with E-state index >= 15 is 0 Å². The molecule has 8 heteroatoms. The van der Waals surface area contributed by atoms with Crippen molar-refractivity contribution in [3.05, 3.63) is 63.9 Å². The van der Waals surface area contributed by atoms with Crippen LogP contribution >= 0.6 is 0 Å². The summed E-state index contributed by atoms with van der Waals surface area (Å²) in [6, 6.07) is 9.29. The molecule has 1 aliphatic rings. The van der Waals surface area contributed by atoms with E-state index < -0.39 is 6.04 Å². The van der Waals surface area contributed by atoms with E-state index in [-0.39, 0.29) is 11.5 Å². The van der Waals surface area contributed by atoms with Crippen LogP contribution in [0.4, 0.5) is 5.69 Å². The van der Waals surface area contributed by atoms with Crippen molar-refractivity contribution in [2.24, 2.45) is 0 Å². The van der Waals surface area contributed by atoms with Crippen LogP contribution in [0.1, 0.15) is 29.9 Å². The number of amides is 1. The maximum atomic E-state index is 13.3. The number of benzene rings is 1. The summed E-state index contributed by atoms with van der Waals surface area (Å²) in [5.74, 6) is 0.551. The molecule has 1 saturated heterocycles. The number of carbonyl (C=O) groups excluding carboxylic acids is 1. The number of rotatable bonds is 3. The van der Waals surface area contributed by atoms with Gasteiger partial charge < -0.3 is 14.2 Å². The van der Waals surface area contributed by atoms with E-state index in [1.807, 2.05) is 17.9 Å². The number of fused-ring (bicyclic) bond motifs is 3. The molecule has 1 aromatic carbocycles. The Morgan fingerprint density at radius 1 is 1.03 bits per heavy atom. The maximum absolute atomic E-state index is 13.3. The fourth-order valence-corrected chi connectivity index (χ4v) is 4.65. The van der Waals surface area contributed by atoms with Crippen LogP contribution in [-0.2, 0) is 4.79 Å². The first-order valence-electron chi connectivity index (χ1n) is 10.9. The Kier molecular flexibility index (Phi) is 4.80. The predicted octanol–water partition coefficient (Wildman–Crippen LogP) is 3.08. The van der Waals surface area contributed by atoms with Gasteiger partial charge in [0.25, 0.3) is 5.56 Å². The summed E-state index contributed by atoms with van der Waals surface area (Å²) in [6.45, 7) is 10.5. The van der Waals surface area contributed by atoms with Gasteiger partial charge >= 0.3 is 0 Å². The summed E-state index contributed by atoms with van der Waals surface area (Å²) in [4.78, 5) is 30.6. The smallest absolute Gasteiger partial charge is 0.291 e. The van der Waals surface area contributed by atoms with Crippen LogP contribution < -0.4 is 10.5 Å². The zero-order valence-electron chi connectivity index (χ0n) is 18.8. The molecule has 0 saturated carbocycles. The molecule has 32 heavy (non-hydrogen) atoms. The van der Waals surface area contributed by atoms with Gasteiger partial charge in [0.15, 0.2) is 5.58 Å². The number of furan rings is 1. The Morgan fingerprint density at radius 3 is 2.53 bits per heavy atom. The van der Waals surface area contributed by atoms with Gasteiger partial charge in [0.2, 0.25) is 5.91 Å². The van der Waals surface area contributed by atoms with E-state index in [0.29, 0.717) is 30.0 Å². The molecule has 0 N–H and O–H groups in total. The summed E-state index contributed by atoms with van der Waals surface area (Å²) in [5, 5.41) is 4.47. The van der Waals surface area contributed by atoms with Crippen LogP contribution in [0.5, 0.6) is 0 Å². The molecule has 1 aliphatic heterocycles. The predicted molar refractivity (Wildman–Crippen MR) is 123 cm³/mol. The highest BCUT2D eigenvalue weighted by Crippen LogP contribution is 2.24. The molecule has 0 aliphatic carbocycles. The number of aromatic nitrogens is 3. The van der Waals surface area contributed by atoms with E-state index in [9.17, 15) is 9.59 Å². The zero-order valence-corrected chi connectivity index (χ0v) is 18.8. The van der Waals surface area contributed by atoms with Crippen LogP contribution in [0, 0.1) is 20.8 Å². The minimum Gasteiger partial charge on any atom is -0.463 e. The highest BCUT2D eigenvalue weighted by atomic mass is 16.3. The summed E-state index contributed by atoms with van der Waals surface area (Å²) >= 11 is 0. The lowest BCUT2D eigenvalue weighted by Gasteiger charge is -2.38. The number of carbonyl (C=O) groups is 1. The first-order chi connectivity index (χ1) is 15.3. The molecule has 0 radical (unpaired) electrons. The lowest BCUT2D eigenvalue weighted by atomic mass is 10.1. The van der Waals surface area contributed by atoms with E-state index in [1.54, 1.807) is 23.7 Å². The molecule has 0 bridgehead atoms. The third kappa shape index (κ3) is 3.18. The number of aryl methyl sites for hydroxylation is 3. The molecule has 166 valence electrons. The van der Waals surface area contributed by atoms with Crippen molar-refractivity contribution in [2.45, 2.75) is 33.7 Å². The van der Waals surface area contributed by atoms with Gasteiger partial charge in [-0.05, 0) is 44.9 Å². The number of hydrogen-bond donors (Lipinski definition) is 0. The molecule has 0 spiro atoms. The Hall–Kier alpha value is -3.55. The number of anilines is 1. The van der Waals surface area contributed by atoms with Gasteiger partial charge in [-0.25, -0.2) is 4.68 Å². The van der Waals surface area contributed by atoms with Crippen molar-refractivity contribution < 1.29 is 9.21 Å². The van der Waals surface area contributed by atoms with Crippen LogP contribution in [0.25, 0.3) is 16.6 Å². The van der Waals surface area contributed by atoms with Gasteiger partial charge in [-0.3, -0.25) is 14.0 Å². The number of piperazine rings is 1. The first-order valence-corrected chi connectivity index (χ1v) is 10.9. The number of nitrogens with zero attached hydrogens (tertiary/aromatic N) is 5. The average molecular weight is 434 g/mol. The molecule has 1 atom stereocenters. The minimum atomic E-state index is -0.681. The highest BCUT2D eigenvalue weighted by Gasteiger charge is 2.28. The molecular weight excluding hydrogens is 406 g/mol. The van der Waals surface area contributed by atoms with Crippen molar-refractivity contribution in [1.29, 1.82) is 0 Å². The van der Waals surface area contributed by atoms with Crippen LogP contribution in [-0.4, -0.2) is 51.2 Å². The molecule has 4 heterocycles. The standard InChI is InChI=1S/C24H27N5O3/c1-15-5-6-16(2)20(13-15)26-8-10-27(11-9-26)23(30)17(3)29-24(31)21-14-22-19(7-12-32-22)28(21)18(4)25-29/h5-7,12-14,17H,8-11H2,1-4H3/t17-/m1/s1. The lowest BCUT2D eigenvalue weighted by molar-refractivity contribution is -0.135. The Morgan fingerprint density at radius 2 is 1.78 bits per heavy atom. The minimum absolute atomic E-state index is 0.0841. The largest absolute Gasteiger partial charge is 0.463 e. The third-order valence-electron chi connectivity index (χ3n) is 6.45. The molecule has 8 nitrogen and oxygen atoms in total. The third-order valence-corrected chi connectivity index (χ3v) is 6.45. The molecule has 4 aromatic rings. The molecule has 3 aromatic heterocycles. The molecular formula is C24H27N5O3. The number of hydrogen-bond acceptors (Lipinski definition) is 5. The summed E-state index contributed by atoms with van der Waals surface area (Å²) < 4.78 is 8.53. The molecule has 0 unspecified atom stereocenters. The average Bonchev–Trinajstić information content (AvgIpc) is 3.39. The SMILES string of the molecule is Cc1ccc(C)c(N2CCN(C(=O)[C@@H](C)n3nc(C)n4c(cc5occc54)c3=O)CC2)c1. The second-order valence-corrected chi connectivity index (χ2v) is 8.61. The maximum Gasteiger partial charge on any atom is 0.291 e. The van der Waals surface area contributed by atoms with Crippen LogP contribution in [0.2, 0.25) is 0 Å². The quantitative estimate of drug-likeness (QED) is 0.496. The van der Waals surface area contributed by atoms with E-state index in [2.05, 4.69) is 42.0 Å². The lowest BCUT2D eigenvalue weighted by Crippen LogP contribution is -2.51. The monoisotopic (exact) mass is 433 g/mol. The second kappa shape index (κ2) is 7.55. The first kappa shape index (κ1) is 20.4. The molecule has 1 fully saturated rings. The van der Waals surface area contributed by atoms with Gasteiger partial charge in [0, 0.05) is 44.0 Å². The van der Waals surface area contributed by atoms with Crippen molar-refractivity contribution in [3.63, 3.8) is 0 Å². The van der Waals surface area contributed by atoms with E-state index in [4.69, 9.17) is 4.42 Å². The van der Waals surface area contributed by atoms with E-state index in [0.717, 1.165) is 18.6 Å². The van der Waals surface area contributed by atoms with Crippen molar-refractivity contribution in [3.8, 4) is 0 Å². The van der Waals surface area contributed by atoms with Crippen molar-refractivity contribution in [1.82, 2.24) is 19.1 Å². The van der Waals surface area contributed by atoms with E-state index in [1.165, 1.54) is 21.5 Å². The normalized spacial score (nSPS) is 15.6. The fraction of sp³-hybridized carbons (Fsp3) is 0.375. The Balaban J connectivity index is 1.37. The zero-order chi connectivity index (χ0) is 22.6. The van der Waals surface area contributed by atoms with Crippen LogP contribution in [0.15, 0.2) is 45.8 Å². The van der Waals surface area contributed by atoms with Gasteiger partial charge in [-0.1, -0.05) is 12.1 Å². The highest BCUT2D eigenvalue weighted by molar-refractivity contribution is 5.83. The van der Waals surface area contributed by atoms with Crippen molar-refractivity contribution >= 4 is 28.2 Å². The molecule has 5 rings (SSSR count). The van der Waals surface area contributed by atoms with Gasteiger partial charge in [-0.2, -0.15) is 5.10 Å². The Bertz CT molecular complexity index is 1390. The molecule has 1 amide bonds. The van der Waals surface area contributed by atoms with Crippen LogP contribution in [0.3, 0.4) is 0 Å². The summed E-state index contributed by atoms with van der Waals surface area (Å²) in [6.07, 6.45) is 1.59. The topological polar surface area (TPSA) is 76.0 Å². The van der Waals surface area contributed by atoms with Gasteiger partial charge in [-0.15, -0.1) is 0 Å². The van der Waals surface area contributed by atoms with Gasteiger partial charge in [0.1, 0.15) is 17.4 Å². The summed E-state index contributed by atoms with van der Waals surface area (Å²) in [7, 11) is 0. The van der Waals surface area contributed by atoms with Gasteiger partial charge in [0.05, 0.1) is 11.8 Å². The van der Waals surface area contributed by atoms with Crippen molar-refractivity contribution in [2.75, 3.05) is 31.1 Å².